The Balaban J connectivity index is 0.000000527. The van der Waals surface area contributed by atoms with Gasteiger partial charge in [0.15, 0.2) is 5.75 Å². The Bertz CT molecular complexity index is 1110. The van der Waals surface area contributed by atoms with Crippen LogP contribution in [0.1, 0.15) is 25.1 Å². The SMILES string of the molecule is COc1ccnc(C(=S)NCC(=O)OC(C)Cc2ccccc2)c1OC(C)=O.Fc1ccccc1. The molecule has 9 heteroatoms. The molecule has 0 fully saturated rings. The zero-order valence-corrected chi connectivity index (χ0v) is 20.5. The lowest BCUT2D eigenvalue weighted by Crippen LogP contribution is -2.32. The van der Waals surface area contributed by atoms with Gasteiger partial charge in [0.2, 0.25) is 5.75 Å². The second-order valence-corrected chi connectivity index (χ2v) is 7.66. The summed E-state index contributed by atoms with van der Waals surface area (Å²) in [4.78, 5) is 27.7. The van der Waals surface area contributed by atoms with E-state index in [-0.39, 0.29) is 34.9 Å². The van der Waals surface area contributed by atoms with Gasteiger partial charge in [-0.25, -0.2) is 9.37 Å². The van der Waals surface area contributed by atoms with E-state index in [0.29, 0.717) is 12.2 Å². The molecule has 1 atom stereocenters. The monoisotopic (exact) mass is 498 g/mol. The maximum absolute atomic E-state index is 12.1. The van der Waals surface area contributed by atoms with E-state index < -0.39 is 11.9 Å². The molecule has 0 radical (unpaired) electrons. The zero-order valence-electron chi connectivity index (χ0n) is 19.7. The van der Waals surface area contributed by atoms with E-state index in [4.69, 9.17) is 26.4 Å². The van der Waals surface area contributed by atoms with E-state index in [1.165, 1.54) is 32.4 Å². The quantitative estimate of drug-likeness (QED) is 0.364. The van der Waals surface area contributed by atoms with Gasteiger partial charge in [0, 0.05) is 25.6 Å². The van der Waals surface area contributed by atoms with Crippen LogP contribution in [0.3, 0.4) is 0 Å². The van der Waals surface area contributed by atoms with Crippen LogP contribution < -0.4 is 14.8 Å². The first kappa shape index (κ1) is 27.4. The molecule has 0 bridgehead atoms. The fourth-order valence-corrected chi connectivity index (χ4v) is 3.12. The van der Waals surface area contributed by atoms with Gasteiger partial charge in [-0.2, -0.15) is 0 Å². The van der Waals surface area contributed by atoms with Crippen molar-refractivity contribution in [3.63, 3.8) is 0 Å². The van der Waals surface area contributed by atoms with Crippen LogP contribution in [-0.4, -0.2) is 41.7 Å². The summed E-state index contributed by atoms with van der Waals surface area (Å²) in [6.45, 7) is 2.94. The Morgan fingerprint density at radius 2 is 1.69 bits per heavy atom. The van der Waals surface area contributed by atoms with Crippen molar-refractivity contribution in [2.24, 2.45) is 0 Å². The Morgan fingerprint density at radius 3 is 2.23 bits per heavy atom. The van der Waals surface area contributed by atoms with Crippen LogP contribution in [-0.2, 0) is 20.7 Å². The van der Waals surface area contributed by atoms with Crippen molar-refractivity contribution in [2.45, 2.75) is 26.4 Å². The first-order valence-corrected chi connectivity index (χ1v) is 11.1. The number of hydrogen-bond acceptors (Lipinski definition) is 7. The molecular weight excluding hydrogens is 471 g/mol. The second-order valence-electron chi connectivity index (χ2n) is 7.25. The predicted octanol–water partition coefficient (Wildman–Crippen LogP) is 4.28. The van der Waals surface area contributed by atoms with E-state index in [1.54, 1.807) is 24.3 Å². The number of aromatic nitrogens is 1. The van der Waals surface area contributed by atoms with E-state index in [9.17, 15) is 14.0 Å². The third-order valence-corrected chi connectivity index (χ3v) is 4.71. The van der Waals surface area contributed by atoms with E-state index in [1.807, 2.05) is 37.3 Å². The van der Waals surface area contributed by atoms with Gasteiger partial charge in [0.1, 0.15) is 29.1 Å². The fourth-order valence-electron chi connectivity index (χ4n) is 2.90. The summed E-state index contributed by atoms with van der Waals surface area (Å²) in [6.07, 6.45) is 1.80. The van der Waals surface area contributed by atoms with Crippen LogP contribution in [0, 0.1) is 5.82 Å². The lowest BCUT2D eigenvalue weighted by molar-refractivity contribution is -0.146. The molecule has 0 amide bonds. The lowest BCUT2D eigenvalue weighted by atomic mass is 10.1. The number of nitrogens with one attached hydrogen (secondary N) is 1. The molecule has 0 aliphatic heterocycles. The number of hydrogen-bond donors (Lipinski definition) is 1. The van der Waals surface area contributed by atoms with Crippen LogP contribution in [0.2, 0.25) is 0 Å². The van der Waals surface area contributed by atoms with Crippen molar-refractivity contribution in [3.05, 3.63) is 90.0 Å². The largest absolute Gasteiger partial charge is 0.493 e. The molecule has 0 aliphatic carbocycles. The topological polar surface area (TPSA) is 86.8 Å². The molecule has 0 spiro atoms. The highest BCUT2D eigenvalue weighted by Crippen LogP contribution is 2.29. The summed E-state index contributed by atoms with van der Waals surface area (Å²) in [5, 5.41) is 2.78. The second kappa shape index (κ2) is 14.4. The van der Waals surface area contributed by atoms with Crippen LogP contribution >= 0.6 is 12.2 Å². The molecule has 184 valence electrons. The Hall–Kier alpha value is -3.85. The van der Waals surface area contributed by atoms with Crippen LogP contribution in [0.15, 0.2) is 72.9 Å². The fraction of sp³-hybridized carbons (Fsp3) is 0.231. The molecule has 7 nitrogen and oxygen atoms in total. The summed E-state index contributed by atoms with van der Waals surface area (Å²) in [5.74, 6) is -0.765. The Kier molecular flexibility index (Phi) is 11.3. The van der Waals surface area contributed by atoms with E-state index >= 15 is 0 Å². The molecule has 2 aromatic carbocycles. The third kappa shape index (κ3) is 9.89. The number of carbonyl (C=O) groups excluding carboxylic acids is 2. The molecule has 1 aromatic heterocycles. The van der Waals surface area contributed by atoms with Gasteiger partial charge in [-0.05, 0) is 24.6 Å². The summed E-state index contributed by atoms with van der Waals surface area (Å²) < 4.78 is 27.6. The van der Waals surface area contributed by atoms with Gasteiger partial charge in [0.05, 0.1) is 7.11 Å². The van der Waals surface area contributed by atoms with E-state index in [2.05, 4.69) is 10.3 Å². The average molecular weight is 499 g/mol. The van der Waals surface area contributed by atoms with Gasteiger partial charge in [0.25, 0.3) is 0 Å². The summed E-state index contributed by atoms with van der Waals surface area (Å²) in [7, 11) is 1.44. The predicted molar refractivity (Wildman–Crippen MR) is 134 cm³/mol. The molecule has 1 N–H and O–H groups in total. The number of halogens is 1. The van der Waals surface area contributed by atoms with Gasteiger partial charge < -0.3 is 19.5 Å². The molecule has 3 rings (SSSR count). The number of ether oxygens (including phenoxy) is 3. The Labute approximate surface area is 209 Å². The maximum atomic E-state index is 12.1. The number of carbonyl (C=O) groups is 2. The Morgan fingerprint density at radius 1 is 1.06 bits per heavy atom. The molecule has 35 heavy (non-hydrogen) atoms. The highest BCUT2D eigenvalue weighted by atomic mass is 32.1. The first-order chi connectivity index (χ1) is 16.8. The van der Waals surface area contributed by atoms with Crippen molar-refractivity contribution in [1.82, 2.24) is 10.3 Å². The minimum absolute atomic E-state index is 0.0980. The lowest BCUT2D eigenvalue weighted by Gasteiger charge is -2.15. The maximum Gasteiger partial charge on any atom is 0.325 e. The smallest absolute Gasteiger partial charge is 0.325 e. The molecule has 0 saturated carbocycles. The number of rotatable bonds is 8. The van der Waals surface area contributed by atoms with Crippen molar-refractivity contribution < 1.29 is 28.2 Å². The van der Waals surface area contributed by atoms with Gasteiger partial charge in [-0.1, -0.05) is 60.7 Å². The summed E-state index contributed by atoms with van der Waals surface area (Å²) in [5.41, 5.74) is 1.28. The highest BCUT2D eigenvalue weighted by Gasteiger charge is 2.19. The van der Waals surface area contributed by atoms with Gasteiger partial charge in [-0.15, -0.1) is 0 Å². The molecule has 3 aromatic rings. The van der Waals surface area contributed by atoms with Crippen LogP contribution in [0.5, 0.6) is 11.5 Å². The number of thiocarbonyl (C=S) groups is 1. The zero-order chi connectivity index (χ0) is 25.6. The number of esters is 2. The van der Waals surface area contributed by atoms with Crippen molar-refractivity contribution in [2.75, 3.05) is 13.7 Å². The van der Waals surface area contributed by atoms with Gasteiger partial charge in [-0.3, -0.25) is 9.59 Å². The molecule has 0 aliphatic rings. The first-order valence-electron chi connectivity index (χ1n) is 10.7. The van der Waals surface area contributed by atoms with Crippen LogP contribution in [0.25, 0.3) is 0 Å². The third-order valence-electron chi connectivity index (χ3n) is 4.37. The van der Waals surface area contributed by atoms with Crippen molar-refractivity contribution in [3.8, 4) is 11.5 Å². The van der Waals surface area contributed by atoms with Crippen molar-refractivity contribution in [1.29, 1.82) is 0 Å². The number of nitrogens with zero attached hydrogens (tertiary/aromatic N) is 1. The standard InChI is InChI=1S/C20H22N2O5S.C6H5F/c1-13(11-15-7-5-4-6-8-15)26-17(24)12-22-20(28)18-19(27-14(2)23)16(25-3)9-10-21-18;7-6-4-2-1-3-5-6/h4-10,13H,11-12H2,1-3H3,(H,22,28);1-5H. The van der Waals surface area contributed by atoms with Crippen molar-refractivity contribution >= 4 is 29.1 Å². The summed E-state index contributed by atoms with van der Waals surface area (Å²) >= 11 is 5.28. The minimum Gasteiger partial charge on any atom is -0.493 e. The van der Waals surface area contributed by atoms with Crippen LogP contribution in [0.4, 0.5) is 4.39 Å². The number of methoxy groups -OCH3 is 1. The normalized spacial score (nSPS) is 10.7. The molecular formula is C26H27FN2O5S. The minimum atomic E-state index is -0.538. The van der Waals surface area contributed by atoms with E-state index in [0.717, 1.165) is 5.56 Å². The average Bonchev–Trinajstić information content (AvgIpc) is 2.84. The summed E-state index contributed by atoms with van der Waals surface area (Å²) in [6, 6.07) is 19.2. The molecule has 1 unspecified atom stereocenters. The highest BCUT2D eigenvalue weighted by molar-refractivity contribution is 7.80. The molecule has 1 heterocycles. The number of benzene rings is 2. The molecule has 0 saturated heterocycles. The van der Waals surface area contributed by atoms with Gasteiger partial charge >= 0.3 is 11.9 Å². The number of pyridine rings is 1.